The minimum atomic E-state index is -0.630. The lowest BCUT2D eigenvalue weighted by molar-refractivity contribution is 0.254. The average molecular weight is 342 g/mol. The highest BCUT2D eigenvalue weighted by molar-refractivity contribution is 5.22. The minimum Gasteiger partial charge on any atom is -0.195 e. The molecule has 1 saturated carbocycles. The first-order valence-electron chi connectivity index (χ1n) is 10.0. The van der Waals surface area contributed by atoms with Crippen LogP contribution in [0.5, 0.6) is 0 Å². The molecule has 0 amide bonds. The van der Waals surface area contributed by atoms with Crippen LogP contribution in [0, 0.1) is 23.2 Å². The standard InChI is InChI=1S/C23H32FN/c1-2-3-5-19-8-12-21(13-9-19)16-17-22-14-10-20(11-15-22)6-4-7-23(24)18-25/h7-9,12-13,20,22H,2-6,10-11,14-17H2,1H3/t20-,22-. The normalized spacial score (nSPS) is 21.1. The zero-order valence-corrected chi connectivity index (χ0v) is 15.6. The van der Waals surface area contributed by atoms with Crippen molar-refractivity contribution in [3.05, 3.63) is 47.3 Å². The summed E-state index contributed by atoms with van der Waals surface area (Å²) < 4.78 is 12.8. The molecular weight excluding hydrogens is 309 g/mol. The van der Waals surface area contributed by atoms with Gasteiger partial charge < -0.3 is 0 Å². The molecule has 2 heteroatoms. The van der Waals surface area contributed by atoms with Gasteiger partial charge in [0.1, 0.15) is 6.07 Å². The smallest absolute Gasteiger partial charge is 0.195 e. The van der Waals surface area contributed by atoms with Gasteiger partial charge in [0.25, 0.3) is 0 Å². The van der Waals surface area contributed by atoms with Gasteiger partial charge in [-0.05, 0) is 67.6 Å². The van der Waals surface area contributed by atoms with E-state index in [0.29, 0.717) is 6.42 Å². The number of hydrogen-bond acceptors (Lipinski definition) is 1. The Kier molecular flexibility index (Phi) is 8.73. The zero-order chi connectivity index (χ0) is 17.9. The Morgan fingerprint density at radius 1 is 1.04 bits per heavy atom. The van der Waals surface area contributed by atoms with Gasteiger partial charge in [0.05, 0.1) is 0 Å². The van der Waals surface area contributed by atoms with E-state index in [4.69, 9.17) is 5.26 Å². The third-order valence-corrected chi connectivity index (χ3v) is 5.65. The molecule has 0 N–H and O–H groups in total. The molecular formula is C23H32FN. The molecule has 0 bridgehead atoms. The Morgan fingerprint density at radius 3 is 2.16 bits per heavy atom. The molecule has 1 aromatic carbocycles. The summed E-state index contributed by atoms with van der Waals surface area (Å²) in [6.07, 6.45) is 14.6. The van der Waals surface area contributed by atoms with Gasteiger partial charge in [-0.1, -0.05) is 63.3 Å². The Bertz CT molecular complexity index is 559. The van der Waals surface area contributed by atoms with E-state index < -0.39 is 5.83 Å². The van der Waals surface area contributed by atoms with Crippen LogP contribution in [0.25, 0.3) is 0 Å². The third kappa shape index (κ3) is 7.43. The quantitative estimate of drug-likeness (QED) is 0.447. The van der Waals surface area contributed by atoms with E-state index in [1.807, 2.05) is 0 Å². The highest BCUT2D eigenvalue weighted by Crippen LogP contribution is 2.34. The first kappa shape index (κ1) is 19.7. The largest absolute Gasteiger partial charge is 0.196 e. The van der Waals surface area contributed by atoms with Crippen molar-refractivity contribution in [1.29, 1.82) is 5.26 Å². The third-order valence-electron chi connectivity index (χ3n) is 5.65. The molecule has 0 radical (unpaired) electrons. The second kappa shape index (κ2) is 11.1. The summed E-state index contributed by atoms with van der Waals surface area (Å²) in [5.74, 6) is 0.939. The van der Waals surface area contributed by atoms with Crippen LogP contribution in [0.4, 0.5) is 4.39 Å². The van der Waals surface area contributed by atoms with Gasteiger partial charge in [-0.3, -0.25) is 0 Å². The van der Waals surface area contributed by atoms with Gasteiger partial charge in [-0.15, -0.1) is 0 Å². The summed E-state index contributed by atoms with van der Waals surface area (Å²) in [5, 5.41) is 8.42. The Labute approximate surface area is 152 Å². The number of nitrogens with zero attached hydrogens (tertiary/aromatic N) is 1. The summed E-state index contributed by atoms with van der Waals surface area (Å²) in [5.41, 5.74) is 2.94. The first-order valence-corrected chi connectivity index (χ1v) is 10.0. The number of halogens is 1. The highest BCUT2D eigenvalue weighted by atomic mass is 19.1. The van der Waals surface area contributed by atoms with Gasteiger partial charge >= 0.3 is 0 Å². The molecule has 0 aliphatic heterocycles. The van der Waals surface area contributed by atoms with E-state index in [-0.39, 0.29) is 0 Å². The molecule has 0 heterocycles. The monoisotopic (exact) mass is 341 g/mol. The maximum Gasteiger partial charge on any atom is 0.196 e. The topological polar surface area (TPSA) is 23.8 Å². The van der Waals surface area contributed by atoms with E-state index in [1.54, 1.807) is 6.07 Å². The van der Waals surface area contributed by atoms with E-state index in [9.17, 15) is 4.39 Å². The van der Waals surface area contributed by atoms with Crippen molar-refractivity contribution in [2.45, 2.75) is 77.6 Å². The van der Waals surface area contributed by atoms with Crippen molar-refractivity contribution in [1.82, 2.24) is 0 Å². The van der Waals surface area contributed by atoms with Crippen LogP contribution in [0.3, 0.4) is 0 Å². The van der Waals surface area contributed by atoms with Crippen LogP contribution in [0.15, 0.2) is 36.2 Å². The molecule has 0 atom stereocenters. The number of unbranched alkanes of at least 4 members (excludes halogenated alkanes) is 1. The summed E-state index contributed by atoms with van der Waals surface area (Å²) in [6, 6.07) is 10.8. The molecule has 0 unspecified atom stereocenters. The van der Waals surface area contributed by atoms with Crippen LogP contribution in [-0.4, -0.2) is 0 Å². The molecule has 1 aromatic rings. The van der Waals surface area contributed by atoms with Crippen molar-refractivity contribution in [2.75, 3.05) is 0 Å². The van der Waals surface area contributed by atoms with Crippen molar-refractivity contribution in [2.24, 2.45) is 11.8 Å². The number of benzene rings is 1. The summed E-state index contributed by atoms with van der Waals surface area (Å²) in [6.45, 7) is 2.24. The number of allylic oxidation sites excluding steroid dienone is 2. The first-order chi connectivity index (χ1) is 12.2. The predicted octanol–water partition coefficient (Wildman–Crippen LogP) is 6.93. The number of rotatable bonds is 9. The fraction of sp³-hybridized carbons (Fsp3) is 0.609. The molecule has 1 fully saturated rings. The lowest BCUT2D eigenvalue weighted by Crippen LogP contribution is -2.15. The summed E-state index contributed by atoms with van der Waals surface area (Å²) >= 11 is 0. The zero-order valence-electron chi connectivity index (χ0n) is 15.6. The fourth-order valence-corrected chi connectivity index (χ4v) is 3.92. The second-order valence-corrected chi connectivity index (χ2v) is 7.59. The summed E-state index contributed by atoms with van der Waals surface area (Å²) in [7, 11) is 0. The molecule has 136 valence electrons. The molecule has 25 heavy (non-hydrogen) atoms. The van der Waals surface area contributed by atoms with Crippen molar-refractivity contribution in [3.8, 4) is 6.07 Å². The molecule has 1 aliphatic carbocycles. The van der Waals surface area contributed by atoms with Crippen molar-refractivity contribution >= 4 is 0 Å². The van der Waals surface area contributed by atoms with E-state index in [0.717, 1.165) is 18.3 Å². The van der Waals surface area contributed by atoms with Crippen molar-refractivity contribution in [3.63, 3.8) is 0 Å². The van der Waals surface area contributed by atoms with Gasteiger partial charge in [-0.25, -0.2) is 0 Å². The van der Waals surface area contributed by atoms with Gasteiger partial charge in [0.15, 0.2) is 5.83 Å². The number of aryl methyl sites for hydroxylation is 2. The van der Waals surface area contributed by atoms with Crippen LogP contribution < -0.4 is 0 Å². The Balaban J connectivity index is 1.64. The molecule has 0 saturated heterocycles. The van der Waals surface area contributed by atoms with Gasteiger partial charge in [0, 0.05) is 0 Å². The molecule has 1 aliphatic rings. The molecule has 2 rings (SSSR count). The Hall–Kier alpha value is -1.62. The lowest BCUT2D eigenvalue weighted by Gasteiger charge is -2.28. The second-order valence-electron chi connectivity index (χ2n) is 7.59. The Morgan fingerprint density at radius 2 is 1.60 bits per heavy atom. The van der Waals surface area contributed by atoms with Gasteiger partial charge in [-0.2, -0.15) is 9.65 Å². The predicted molar refractivity (Wildman–Crippen MR) is 103 cm³/mol. The van der Waals surface area contributed by atoms with Crippen molar-refractivity contribution < 1.29 is 4.39 Å². The molecule has 0 spiro atoms. The fourth-order valence-electron chi connectivity index (χ4n) is 3.92. The van der Waals surface area contributed by atoms with E-state index >= 15 is 0 Å². The number of hydrogen-bond donors (Lipinski definition) is 0. The summed E-state index contributed by atoms with van der Waals surface area (Å²) in [4.78, 5) is 0. The van der Waals surface area contributed by atoms with E-state index in [1.165, 1.54) is 75.0 Å². The SMILES string of the molecule is CCCCc1ccc(CC[C@H]2CC[C@H](CCC=C(F)C#N)CC2)cc1. The van der Waals surface area contributed by atoms with Gasteiger partial charge in [0.2, 0.25) is 0 Å². The van der Waals surface area contributed by atoms with E-state index in [2.05, 4.69) is 31.2 Å². The molecule has 0 aromatic heterocycles. The van der Waals surface area contributed by atoms with Crippen LogP contribution in [0.1, 0.15) is 75.8 Å². The highest BCUT2D eigenvalue weighted by Gasteiger charge is 2.20. The van der Waals surface area contributed by atoms with Crippen LogP contribution in [0.2, 0.25) is 0 Å². The maximum absolute atomic E-state index is 12.8. The average Bonchev–Trinajstić information content (AvgIpc) is 2.66. The van der Waals surface area contributed by atoms with Crippen LogP contribution in [-0.2, 0) is 12.8 Å². The minimum absolute atomic E-state index is 0.630. The lowest BCUT2D eigenvalue weighted by atomic mass is 9.78. The van der Waals surface area contributed by atoms with Crippen LogP contribution >= 0.6 is 0 Å². The number of nitriles is 1. The molecule has 1 nitrogen and oxygen atoms in total. The maximum atomic E-state index is 12.8.